The van der Waals surface area contributed by atoms with E-state index in [1.165, 1.54) is 31.2 Å². The number of Topliss-reactive ketones (excluding diaryl/α,β-unsaturated/α-hetero) is 1. The first kappa shape index (κ1) is 14.5. The van der Waals surface area contributed by atoms with Gasteiger partial charge in [0.15, 0.2) is 0 Å². The zero-order valence-corrected chi connectivity index (χ0v) is 14.0. The molecule has 1 nitrogen and oxygen atoms in total. The largest absolute Gasteiger partial charge is 0.299 e. The number of carbonyl (C=O) groups is 1. The van der Waals surface area contributed by atoms with Crippen molar-refractivity contribution >= 4 is 5.78 Å². The van der Waals surface area contributed by atoms with Crippen molar-refractivity contribution in [1.82, 2.24) is 0 Å². The van der Waals surface area contributed by atoms with E-state index in [1.807, 2.05) is 0 Å². The molecule has 1 aromatic carbocycles. The van der Waals surface area contributed by atoms with Gasteiger partial charge < -0.3 is 0 Å². The van der Waals surface area contributed by atoms with Crippen LogP contribution in [0.4, 0.5) is 0 Å². The molecule has 118 valence electrons. The topological polar surface area (TPSA) is 17.1 Å². The third-order valence-corrected chi connectivity index (χ3v) is 7.15. The second kappa shape index (κ2) is 5.22. The highest BCUT2D eigenvalue weighted by molar-refractivity contribution is 5.85. The van der Waals surface area contributed by atoms with E-state index in [2.05, 4.69) is 32.0 Å². The molecular weight excluding hydrogens is 268 g/mol. The van der Waals surface area contributed by atoms with Gasteiger partial charge in [-0.1, -0.05) is 32.0 Å². The minimum Gasteiger partial charge on any atom is -0.299 e. The van der Waals surface area contributed by atoms with Gasteiger partial charge in [-0.3, -0.25) is 4.79 Å². The van der Waals surface area contributed by atoms with Gasteiger partial charge in [-0.25, -0.2) is 0 Å². The molecule has 0 radical (unpaired) electrons. The van der Waals surface area contributed by atoms with Gasteiger partial charge in [-0.15, -0.1) is 0 Å². The summed E-state index contributed by atoms with van der Waals surface area (Å²) in [5.74, 6) is 2.68. The Morgan fingerprint density at radius 1 is 1.18 bits per heavy atom. The van der Waals surface area contributed by atoms with E-state index in [1.54, 1.807) is 11.1 Å². The van der Waals surface area contributed by atoms with Crippen LogP contribution in [0.1, 0.15) is 75.0 Å². The zero-order chi connectivity index (χ0) is 15.3. The number of hydrogen-bond acceptors (Lipinski definition) is 1. The zero-order valence-electron chi connectivity index (χ0n) is 14.0. The molecule has 1 aromatic rings. The van der Waals surface area contributed by atoms with Crippen LogP contribution in [0.3, 0.4) is 0 Å². The van der Waals surface area contributed by atoms with Crippen LogP contribution in [0.25, 0.3) is 0 Å². The quantitative estimate of drug-likeness (QED) is 0.707. The van der Waals surface area contributed by atoms with E-state index < -0.39 is 0 Å². The van der Waals surface area contributed by atoms with Gasteiger partial charge in [0.05, 0.1) is 0 Å². The molecule has 1 heteroatoms. The van der Waals surface area contributed by atoms with E-state index >= 15 is 0 Å². The fourth-order valence-electron chi connectivity index (χ4n) is 5.80. The number of ketones is 1. The number of fused-ring (bicyclic) bond motifs is 5. The van der Waals surface area contributed by atoms with Crippen LogP contribution in [-0.2, 0) is 17.6 Å². The summed E-state index contributed by atoms with van der Waals surface area (Å²) in [6.07, 6.45) is 9.25. The Labute approximate surface area is 134 Å². The lowest BCUT2D eigenvalue weighted by Gasteiger charge is -2.53. The maximum atomic E-state index is 12.6. The van der Waals surface area contributed by atoms with Crippen molar-refractivity contribution in [3.63, 3.8) is 0 Å². The smallest absolute Gasteiger partial charge is 0.139 e. The SMILES string of the molecule is CCc1ccc2c(c1)[C@H]1CC[C@]3(C)C(=O)CCC[C@H]3[C@@H]1CC2. The number of rotatable bonds is 1. The van der Waals surface area contributed by atoms with Gasteiger partial charge >= 0.3 is 0 Å². The van der Waals surface area contributed by atoms with Crippen molar-refractivity contribution in [1.29, 1.82) is 0 Å². The minimum atomic E-state index is -0.000708. The van der Waals surface area contributed by atoms with E-state index in [9.17, 15) is 4.79 Å². The molecule has 0 aromatic heterocycles. The summed E-state index contributed by atoms with van der Waals surface area (Å²) in [5, 5.41) is 0. The Bertz CT molecular complexity index is 602. The molecule has 2 saturated carbocycles. The molecule has 3 aliphatic rings. The average Bonchev–Trinajstić information content (AvgIpc) is 2.55. The van der Waals surface area contributed by atoms with Crippen LogP contribution in [0.2, 0.25) is 0 Å². The predicted octanol–water partition coefficient (Wildman–Crippen LogP) is 5.06. The van der Waals surface area contributed by atoms with Crippen molar-refractivity contribution < 1.29 is 4.79 Å². The molecule has 0 N–H and O–H groups in total. The van der Waals surface area contributed by atoms with E-state index in [0.29, 0.717) is 11.7 Å². The first-order valence-corrected chi connectivity index (χ1v) is 9.28. The summed E-state index contributed by atoms with van der Waals surface area (Å²) < 4.78 is 0. The first-order chi connectivity index (χ1) is 10.6. The van der Waals surface area contributed by atoms with Gasteiger partial charge in [0.2, 0.25) is 0 Å². The first-order valence-electron chi connectivity index (χ1n) is 9.28. The number of carbonyl (C=O) groups excluding carboxylic acids is 1. The van der Waals surface area contributed by atoms with Gasteiger partial charge in [0.25, 0.3) is 0 Å². The lowest BCUT2D eigenvalue weighted by molar-refractivity contribution is -0.140. The maximum Gasteiger partial charge on any atom is 0.139 e. The van der Waals surface area contributed by atoms with Crippen molar-refractivity contribution in [2.45, 2.75) is 71.1 Å². The summed E-state index contributed by atoms with van der Waals surface area (Å²) in [6.45, 7) is 4.53. The third-order valence-electron chi connectivity index (χ3n) is 7.15. The molecule has 0 unspecified atom stereocenters. The number of benzene rings is 1. The van der Waals surface area contributed by atoms with E-state index in [-0.39, 0.29) is 5.41 Å². The molecule has 0 spiro atoms. The van der Waals surface area contributed by atoms with Crippen LogP contribution in [-0.4, -0.2) is 5.78 Å². The maximum absolute atomic E-state index is 12.6. The lowest BCUT2D eigenvalue weighted by atomic mass is 9.50. The monoisotopic (exact) mass is 296 g/mol. The summed E-state index contributed by atoms with van der Waals surface area (Å²) >= 11 is 0. The van der Waals surface area contributed by atoms with Gasteiger partial charge in [-0.05, 0) is 79.4 Å². The van der Waals surface area contributed by atoms with Crippen LogP contribution < -0.4 is 0 Å². The number of aryl methyl sites for hydroxylation is 2. The van der Waals surface area contributed by atoms with Crippen LogP contribution in [0.5, 0.6) is 0 Å². The van der Waals surface area contributed by atoms with E-state index in [4.69, 9.17) is 0 Å². The standard InChI is InChI=1S/C21H28O/c1-3-14-7-8-15-9-10-17-16(18(15)13-14)11-12-21(2)19(17)5-4-6-20(21)22/h7-8,13,16-17,19H,3-6,9-12H2,1-2H3/t16-,17+,19-,21-/m0/s1. The van der Waals surface area contributed by atoms with Crippen LogP contribution >= 0.6 is 0 Å². The molecule has 3 aliphatic carbocycles. The molecule has 4 rings (SSSR count). The van der Waals surface area contributed by atoms with Gasteiger partial charge in [0.1, 0.15) is 5.78 Å². The molecule has 22 heavy (non-hydrogen) atoms. The number of hydrogen-bond donors (Lipinski definition) is 0. The van der Waals surface area contributed by atoms with Crippen molar-refractivity contribution in [2.24, 2.45) is 17.3 Å². The summed E-state index contributed by atoms with van der Waals surface area (Å²) in [6, 6.07) is 7.18. The molecule has 0 aliphatic heterocycles. The van der Waals surface area contributed by atoms with Gasteiger partial charge in [0, 0.05) is 11.8 Å². The highest BCUT2D eigenvalue weighted by Crippen LogP contribution is 2.58. The highest BCUT2D eigenvalue weighted by Gasteiger charge is 2.52. The average molecular weight is 296 g/mol. The van der Waals surface area contributed by atoms with Crippen LogP contribution in [0, 0.1) is 17.3 Å². The second-order valence-corrected chi connectivity index (χ2v) is 8.07. The fraction of sp³-hybridized carbons (Fsp3) is 0.667. The predicted molar refractivity (Wildman–Crippen MR) is 90.1 cm³/mol. The molecule has 0 heterocycles. The molecular formula is C21H28O. The molecule has 0 saturated heterocycles. The summed E-state index contributed by atoms with van der Waals surface area (Å²) in [7, 11) is 0. The summed E-state index contributed by atoms with van der Waals surface area (Å²) in [5.41, 5.74) is 4.70. The molecule has 4 atom stereocenters. The van der Waals surface area contributed by atoms with Crippen molar-refractivity contribution in [3.05, 3.63) is 34.9 Å². The van der Waals surface area contributed by atoms with Gasteiger partial charge in [-0.2, -0.15) is 0 Å². The van der Waals surface area contributed by atoms with E-state index in [0.717, 1.165) is 37.5 Å². The Kier molecular flexibility index (Phi) is 3.43. The Morgan fingerprint density at radius 2 is 2.05 bits per heavy atom. The fourth-order valence-corrected chi connectivity index (χ4v) is 5.80. The van der Waals surface area contributed by atoms with Crippen LogP contribution in [0.15, 0.2) is 18.2 Å². The minimum absolute atomic E-state index is 0.000708. The normalized spacial score (nSPS) is 37.2. The second-order valence-electron chi connectivity index (χ2n) is 8.07. The molecule has 2 fully saturated rings. The molecule has 0 amide bonds. The molecule has 0 bridgehead atoms. The van der Waals surface area contributed by atoms with Crippen molar-refractivity contribution in [3.8, 4) is 0 Å². The van der Waals surface area contributed by atoms with Crippen molar-refractivity contribution in [2.75, 3.05) is 0 Å². The Balaban J connectivity index is 1.71. The highest BCUT2D eigenvalue weighted by atomic mass is 16.1. The summed E-state index contributed by atoms with van der Waals surface area (Å²) in [4.78, 5) is 12.6. The third kappa shape index (κ3) is 2.01. The Morgan fingerprint density at radius 3 is 2.86 bits per heavy atom. The Hall–Kier alpha value is -1.11. The lowest BCUT2D eigenvalue weighted by Crippen LogP contribution is -2.49.